The first kappa shape index (κ1) is 20.4. The largest absolute Gasteiger partial charge is 0.496 e. The molecule has 0 heterocycles. The highest BCUT2D eigenvalue weighted by molar-refractivity contribution is 5.39. The Balaban J connectivity index is 1.94. The maximum atomic E-state index is 13.3. The van der Waals surface area contributed by atoms with Gasteiger partial charge in [0, 0.05) is 18.7 Å². The Kier molecular flexibility index (Phi) is 6.79. The molecule has 0 fully saturated rings. The third-order valence-electron chi connectivity index (χ3n) is 4.54. The molecule has 0 spiro atoms. The molecule has 0 saturated carbocycles. The predicted octanol–water partition coefficient (Wildman–Crippen LogP) is 4.13. The van der Waals surface area contributed by atoms with Crippen molar-refractivity contribution in [1.29, 1.82) is 0 Å². The molecule has 4 heteroatoms. The number of benzene rings is 2. The predicted molar refractivity (Wildman–Crippen MR) is 104 cm³/mol. The number of aliphatic hydroxyl groups is 1. The number of hydrogen-bond acceptors (Lipinski definition) is 3. The molecule has 0 radical (unpaired) electrons. The van der Waals surface area contributed by atoms with Gasteiger partial charge in [0.05, 0.1) is 13.2 Å². The molecule has 3 nitrogen and oxygen atoms in total. The van der Waals surface area contributed by atoms with Gasteiger partial charge in [-0.25, -0.2) is 4.39 Å². The smallest absolute Gasteiger partial charge is 0.126 e. The summed E-state index contributed by atoms with van der Waals surface area (Å²) in [6.45, 7) is 9.35. The van der Waals surface area contributed by atoms with Crippen molar-refractivity contribution in [3.05, 3.63) is 64.5 Å². The molecule has 0 aliphatic carbocycles. The summed E-state index contributed by atoms with van der Waals surface area (Å²) >= 11 is 0. The average molecular weight is 359 g/mol. The van der Waals surface area contributed by atoms with Crippen LogP contribution in [0.3, 0.4) is 0 Å². The summed E-state index contributed by atoms with van der Waals surface area (Å²) in [6, 6.07) is 11.2. The Morgan fingerprint density at radius 3 is 2.50 bits per heavy atom. The van der Waals surface area contributed by atoms with Crippen molar-refractivity contribution < 1.29 is 14.2 Å². The van der Waals surface area contributed by atoms with Gasteiger partial charge in [-0.05, 0) is 47.6 Å². The van der Waals surface area contributed by atoms with Gasteiger partial charge < -0.3 is 15.2 Å². The van der Waals surface area contributed by atoms with E-state index >= 15 is 0 Å². The van der Waals surface area contributed by atoms with E-state index in [9.17, 15) is 9.50 Å². The molecule has 0 aliphatic heterocycles. The van der Waals surface area contributed by atoms with E-state index in [0.29, 0.717) is 25.1 Å². The van der Waals surface area contributed by atoms with Crippen molar-refractivity contribution in [2.24, 2.45) is 0 Å². The van der Waals surface area contributed by atoms with E-state index in [4.69, 9.17) is 4.74 Å². The van der Waals surface area contributed by atoms with Crippen LogP contribution in [0, 0.1) is 12.7 Å². The Hall–Kier alpha value is -1.91. The van der Waals surface area contributed by atoms with E-state index in [-0.39, 0.29) is 11.2 Å². The first-order valence-corrected chi connectivity index (χ1v) is 9.02. The normalized spacial score (nSPS) is 12.9. The molecule has 2 aromatic rings. The molecule has 2 rings (SSSR count). The molecular formula is C22H30FNO2. The number of aryl methyl sites for hydroxylation is 1. The lowest BCUT2D eigenvalue weighted by Gasteiger charge is -2.21. The molecule has 2 N–H and O–H groups in total. The lowest BCUT2D eigenvalue weighted by molar-refractivity contribution is 0.171. The number of methoxy groups -OCH3 is 1. The highest BCUT2D eigenvalue weighted by Crippen LogP contribution is 2.27. The van der Waals surface area contributed by atoms with Crippen molar-refractivity contribution in [2.75, 3.05) is 13.7 Å². The van der Waals surface area contributed by atoms with E-state index in [1.807, 2.05) is 6.07 Å². The van der Waals surface area contributed by atoms with Gasteiger partial charge in [-0.2, -0.15) is 0 Å². The summed E-state index contributed by atoms with van der Waals surface area (Å²) in [6.07, 6.45) is -0.0375. The van der Waals surface area contributed by atoms with Gasteiger partial charge in [-0.15, -0.1) is 0 Å². The molecule has 2 aromatic carbocycles. The van der Waals surface area contributed by atoms with Crippen molar-refractivity contribution in [2.45, 2.75) is 52.2 Å². The van der Waals surface area contributed by atoms with Crippen LogP contribution < -0.4 is 10.1 Å². The minimum absolute atomic E-state index is 0.0704. The number of hydrogen-bond donors (Lipinski definition) is 2. The van der Waals surface area contributed by atoms with Gasteiger partial charge in [0.15, 0.2) is 0 Å². The molecule has 1 atom stereocenters. The average Bonchev–Trinajstić information content (AvgIpc) is 2.57. The maximum absolute atomic E-state index is 13.3. The van der Waals surface area contributed by atoms with E-state index in [1.54, 1.807) is 26.2 Å². The second kappa shape index (κ2) is 8.65. The van der Waals surface area contributed by atoms with Gasteiger partial charge >= 0.3 is 0 Å². The van der Waals surface area contributed by atoms with E-state index in [1.165, 1.54) is 11.6 Å². The standard InChI is InChI=1S/C22H30FNO2/c1-15-10-16(6-8-20(15)23)11-19(25)14-24-13-17-12-18(22(2,3)4)7-9-21(17)26-5/h6-10,12,19,24-25H,11,13-14H2,1-5H3. The molecule has 0 bridgehead atoms. The molecular weight excluding hydrogens is 329 g/mol. The van der Waals surface area contributed by atoms with Crippen LogP contribution in [-0.2, 0) is 18.4 Å². The Bertz CT molecular complexity index is 737. The lowest BCUT2D eigenvalue weighted by atomic mass is 9.86. The minimum Gasteiger partial charge on any atom is -0.496 e. The Morgan fingerprint density at radius 2 is 1.88 bits per heavy atom. The zero-order valence-corrected chi connectivity index (χ0v) is 16.4. The molecule has 1 unspecified atom stereocenters. The number of ether oxygens (including phenoxy) is 1. The highest BCUT2D eigenvalue weighted by Gasteiger charge is 2.16. The SMILES string of the molecule is COc1ccc(C(C)(C)C)cc1CNCC(O)Cc1ccc(F)c(C)c1. The summed E-state index contributed by atoms with van der Waals surface area (Å²) in [5.74, 6) is 0.626. The summed E-state index contributed by atoms with van der Waals surface area (Å²) in [4.78, 5) is 0. The lowest BCUT2D eigenvalue weighted by Crippen LogP contribution is -2.28. The third-order valence-corrected chi connectivity index (χ3v) is 4.54. The van der Waals surface area contributed by atoms with Gasteiger partial charge in [-0.3, -0.25) is 0 Å². The van der Waals surface area contributed by atoms with Crippen LogP contribution in [0.5, 0.6) is 5.75 Å². The van der Waals surface area contributed by atoms with E-state index in [2.05, 4.69) is 38.2 Å². The second-order valence-corrected chi connectivity index (χ2v) is 7.85. The molecule has 26 heavy (non-hydrogen) atoms. The van der Waals surface area contributed by atoms with Gasteiger partial charge in [0.1, 0.15) is 11.6 Å². The maximum Gasteiger partial charge on any atom is 0.126 e. The third kappa shape index (κ3) is 5.55. The number of aliphatic hydroxyl groups excluding tert-OH is 1. The van der Waals surface area contributed by atoms with Crippen LogP contribution in [0.15, 0.2) is 36.4 Å². The minimum atomic E-state index is -0.531. The second-order valence-electron chi connectivity index (χ2n) is 7.85. The zero-order chi connectivity index (χ0) is 19.3. The Labute approximate surface area is 156 Å². The fourth-order valence-electron chi connectivity index (χ4n) is 2.93. The van der Waals surface area contributed by atoms with Crippen molar-refractivity contribution >= 4 is 0 Å². The van der Waals surface area contributed by atoms with E-state index in [0.717, 1.165) is 16.9 Å². The number of rotatable bonds is 7. The van der Waals surface area contributed by atoms with Crippen LogP contribution in [0.4, 0.5) is 4.39 Å². The topological polar surface area (TPSA) is 41.5 Å². The van der Waals surface area contributed by atoms with Crippen molar-refractivity contribution in [3.8, 4) is 5.75 Å². The van der Waals surface area contributed by atoms with Crippen LogP contribution in [0.1, 0.15) is 43.0 Å². The summed E-state index contributed by atoms with van der Waals surface area (Å²) in [5, 5.41) is 13.6. The molecule has 0 amide bonds. The summed E-state index contributed by atoms with van der Waals surface area (Å²) < 4.78 is 18.8. The zero-order valence-electron chi connectivity index (χ0n) is 16.4. The molecule has 0 aromatic heterocycles. The first-order chi connectivity index (χ1) is 12.2. The fraction of sp³-hybridized carbons (Fsp3) is 0.455. The quantitative estimate of drug-likeness (QED) is 0.781. The highest BCUT2D eigenvalue weighted by atomic mass is 19.1. The first-order valence-electron chi connectivity index (χ1n) is 9.02. The van der Waals surface area contributed by atoms with Crippen molar-refractivity contribution in [1.82, 2.24) is 5.32 Å². The summed E-state index contributed by atoms with van der Waals surface area (Å²) in [5.41, 5.74) is 3.93. The van der Waals surface area contributed by atoms with Gasteiger partial charge in [-0.1, -0.05) is 45.0 Å². The Morgan fingerprint density at radius 1 is 1.15 bits per heavy atom. The fourth-order valence-corrected chi connectivity index (χ4v) is 2.93. The van der Waals surface area contributed by atoms with Crippen LogP contribution >= 0.6 is 0 Å². The molecule has 0 saturated heterocycles. The monoisotopic (exact) mass is 359 g/mol. The van der Waals surface area contributed by atoms with E-state index < -0.39 is 6.10 Å². The van der Waals surface area contributed by atoms with Crippen LogP contribution in [0.25, 0.3) is 0 Å². The number of halogens is 1. The van der Waals surface area contributed by atoms with Crippen LogP contribution in [-0.4, -0.2) is 24.9 Å². The van der Waals surface area contributed by atoms with Crippen molar-refractivity contribution in [3.63, 3.8) is 0 Å². The van der Waals surface area contributed by atoms with Crippen LogP contribution in [0.2, 0.25) is 0 Å². The van der Waals surface area contributed by atoms with Gasteiger partial charge in [0.25, 0.3) is 0 Å². The van der Waals surface area contributed by atoms with Gasteiger partial charge in [0.2, 0.25) is 0 Å². The molecule has 142 valence electrons. The number of nitrogens with one attached hydrogen (secondary N) is 1. The molecule has 0 aliphatic rings. The summed E-state index contributed by atoms with van der Waals surface area (Å²) in [7, 11) is 1.67.